The van der Waals surface area contributed by atoms with Gasteiger partial charge in [-0.1, -0.05) is 51.2 Å². The van der Waals surface area contributed by atoms with Crippen LogP contribution in [0.1, 0.15) is 32.8 Å². The Kier molecular flexibility index (Phi) is 6.34. The normalized spacial score (nSPS) is 18.9. The molecule has 0 aromatic heterocycles. The molecule has 0 bridgehead atoms. The van der Waals surface area contributed by atoms with Gasteiger partial charge in [0.15, 0.2) is 0 Å². The Labute approximate surface area is 150 Å². The smallest absolute Gasteiger partial charge is 0.249 e. The molecule has 4 nitrogen and oxygen atoms in total. The van der Waals surface area contributed by atoms with Gasteiger partial charge in [-0.3, -0.25) is 9.79 Å². The monoisotopic (exact) mass is 338 g/mol. The molecule has 25 heavy (non-hydrogen) atoms. The van der Waals surface area contributed by atoms with Crippen LogP contribution in [0.4, 0.5) is 5.69 Å². The van der Waals surface area contributed by atoms with Crippen LogP contribution in [0.25, 0.3) is 0 Å². The SMILES string of the molecule is C=C/C=C(\C=C/C)C1=NC(C(C)CC)C(=O)Nc2ccc(OC)cc21. The van der Waals surface area contributed by atoms with Crippen LogP contribution in [0.5, 0.6) is 5.75 Å². The molecule has 2 atom stereocenters. The number of ether oxygens (including phenoxy) is 1. The average molecular weight is 338 g/mol. The minimum absolute atomic E-state index is 0.0748. The van der Waals surface area contributed by atoms with E-state index in [2.05, 4.69) is 25.7 Å². The topological polar surface area (TPSA) is 50.7 Å². The molecule has 1 aromatic rings. The van der Waals surface area contributed by atoms with E-state index in [1.165, 1.54) is 0 Å². The number of benzene rings is 1. The first-order chi connectivity index (χ1) is 12.0. The van der Waals surface area contributed by atoms with Crippen LogP contribution in [-0.4, -0.2) is 24.8 Å². The van der Waals surface area contributed by atoms with Gasteiger partial charge < -0.3 is 10.1 Å². The minimum Gasteiger partial charge on any atom is -0.497 e. The van der Waals surface area contributed by atoms with Crippen LogP contribution in [0.3, 0.4) is 0 Å². The molecule has 132 valence electrons. The number of carbonyl (C=O) groups is 1. The van der Waals surface area contributed by atoms with Gasteiger partial charge in [0.25, 0.3) is 0 Å². The van der Waals surface area contributed by atoms with E-state index in [9.17, 15) is 4.79 Å². The van der Waals surface area contributed by atoms with E-state index < -0.39 is 6.04 Å². The number of benzodiazepines with no additional fused rings is 1. The van der Waals surface area contributed by atoms with Gasteiger partial charge in [-0.15, -0.1) is 0 Å². The summed E-state index contributed by atoms with van der Waals surface area (Å²) in [6.07, 6.45) is 8.45. The quantitative estimate of drug-likeness (QED) is 0.774. The molecule has 0 saturated carbocycles. The van der Waals surface area contributed by atoms with Gasteiger partial charge >= 0.3 is 0 Å². The molecule has 0 spiro atoms. The summed E-state index contributed by atoms with van der Waals surface area (Å²) in [5, 5.41) is 3.02. The van der Waals surface area contributed by atoms with Crippen molar-refractivity contribution in [2.24, 2.45) is 10.9 Å². The highest BCUT2D eigenvalue weighted by Crippen LogP contribution is 2.30. The zero-order valence-electron chi connectivity index (χ0n) is 15.4. The van der Waals surface area contributed by atoms with E-state index in [0.29, 0.717) is 0 Å². The van der Waals surface area contributed by atoms with Crippen molar-refractivity contribution in [3.05, 3.63) is 60.2 Å². The van der Waals surface area contributed by atoms with Crippen molar-refractivity contribution < 1.29 is 9.53 Å². The van der Waals surface area contributed by atoms with Crippen LogP contribution in [0.2, 0.25) is 0 Å². The van der Waals surface area contributed by atoms with Crippen LogP contribution >= 0.6 is 0 Å². The van der Waals surface area contributed by atoms with Gasteiger partial charge in [-0.05, 0) is 31.0 Å². The van der Waals surface area contributed by atoms with Crippen LogP contribution in [-0.2, 0) is 4.79 Å². The lowest BCUT2D eigenvalue weighted by molar-refractivity contribution is -0.118. The second-order valence-electron chi connectivity index (χ2n) is 6.07. The fraction of sp³-hybridized carbons (Fsp3) is 0.333. The maximum absolute atomic E-state index is 12.7. The first kappa shape index (κ1) is 18.7. The number of rotatable bonds is 6. The maximum atomic E-state index is 12.7. The molecule has 1 heterocycles. The van der Waals surface area contributed by atoms with Crippen molar-refractivity contribution in [2.75, 3.05) is 12.4 Å². The van der Waals surface area contributed by atoms with E-state index >= 15 is 0 Å². The number of anilines is 1. The zero-order valence-corrected chi connectivity index (χ0v) is 15.4. The van der Waals surface area contributed by atoms with E-state index in [-0.39, 0.29) is 11.8 Å². The van der Waals surface area contributed by atoms with Crippen molar-refractivity contribution in [3.63, 3.8) is 0 Å². The highest BCUT2D eigenvalue weighted by Gasteiger charge is 2.29. The maximum Gasteiger partial charge on any atom is 0.249 e. The summed E-state index contributed by atoms with van der Waals surface area (Å²) in [4.78, 5) is 17.6. The number of allylic oxidation sites excluding steroid dienone is 5. The van der Waals surface area contributed by atoms with Crippen LogP contribution < -0.4 is 10.1 Å². The number of nitrogens with one attached hydrogen (secondary N) is 1. The third-order valence-electron chi connectivity index (χ3n) is 4.38. The zero-order chi connectivity index (χ0) is 18.4. The minimum atomic E-state index is -0.433. The van der Waals surface area contributed by atoms with Gasteiger partial charge in [0.2, 0.25) is 5.91 Å². The van der Waals surface area contributed by atoms with Gasteiger partial charge in [0.05, 0.1) is 18.5 Å². The molecule has 1 N–H and O–H groups in total. The molecule has 0 radical (unpaired) electrons. The first-order valence-electron chi connectivity index (χ1n) is 8.58. The Morgan fingerprint density at radius 1 is 1.48 bits per heavy atom. The molecule has 4 heteroatoms. The summed E-state index contributed by atoms with van der Waals surface area (Å²) < 4.78 is 5.37. The van der Waals surface area contributed by atoms with Crippen LogP contribution in [0.15, 0.2) is 59.6 Å². The predicted molar refractivity (Wildman–Crippen MR) is 104 cm³/mol. The third-order valence-corrected chi connectivity index (χ3v) is 4.38. The largest absolute Gasteiger partial charge is 0.497 e. The highest BCUT2D eigenvalue weighted by atomic mass is 16.5. The number of carbonyl (C=O) groups excluding carboxylic acids is 1. The molecule has 1 aliphatic rings. The molecule has 0 fully saturated rings. The summed E-state index contributed by atoms with van der Waals surface area (Å²) in [6.45, 7) is 9.88. The summed E-state index contributed by atoms with van der Waals surface area (Å²) in [5.74, 6) is 0.789. The Bertz CT molecular complexity index is 744. The molecule has 2 rings (SSSR count). The Balaban J connectivity index is 2.72. The molecule has 0 aliphatic carbocycles. The summed E-state index contributed by atoms with van der Waals surface area (Å²) in [6, 6.07) is 5.18. The second kappa shape index (κ2) is 8.47. The lowest BCUT2D eigenvalue weighted by Crippen LogP contribution is -2.31. The van der Waals surface area contributed by atoms with Crippen molar-refractivity contribution in [2.45, 2.75) is 33.2 Å². The summed E-state index contributed by atoms with van der Waals surface area (Å²) in [5.41, 5.74) is 3.28. The molecular weight excluding hydrogens is 312 g/mol. The lowest BCUT2D eigenvalue weighted by atomic mass is 9.97. The van der Waals surface area contributed by atoms with Gasteiger partial charge in [-0.25, -0.2) is 0 Å². The molecule has 1 aromatic carbocycles. The third kappa shape index (κ3) is 4.08. The van der Waals surface area contributed by atoms with Gasteiger partial charge in [0.1, 0.15) is 11.8 Å². The fourth-order valence-electron chi connectivity index (χ4n) is 2.79. The van der Waals surface area contributed by atoms with E-state index in [0.717, 1.165) is 34.7 Å². The molecule has 2 unspecified atom stereocenters. The van der Waals surface area contributed by atoms with E-state index in [1.54, 1.807) is 13.2 Å². The standard InChI is InChI=1S/C21H26N2O2/c1-6-9-15(10-7-2)20-17-13-16(25-5)11-12-18(17)22-21(24)19(23-20)14(4)8-3/h6-7,9-14,19H,1,8H2,2-5H3,(H,22,24)/b10-7-,15-9+. The predicted octanol–water partition coefficient (Wildman–Crippen LogP) is 4.54. The lowest BCUT2D eigenvalue weighted by Gasteiger charge is -2.17. The Morgan fingerprint density at radius 2 is 2.24 bits per heavy atom. The van der Waals surface area contributed by atoms with Crippen LogP contribution in [0, 0.1) is 5.92 Å². The number of nitrogens with zero attached hydrogens (tertiary/aromatic N) is 1. The van der Waals surface area contributed by atoms with Crippen molar-refractivity contribution in [1.29, 1.82) is 0 Å². The van der Waals surface area contributed by atoms with E-state index in [4.69, 9.17) is 9.73 Å². The summed E-state index contributed by atoms with van der Waals surface area (Å²) in [7, 11) is 1.63. The fourth-order valence-corrected chi connectivity index (χ4v) is 2.79. The molecule has 0 saturated heterocycles. The first-order valence-corrected chi connectivity index (χ1v) is 8.58. The Hall–Kier alpha value is -2.62. The Morgan fingerprint density at radius 3 is 2.84 bits per heavy atom. The molecular formula is C21H26N2O2. The number of aliphatic imine (C=N–C) groups is 1. The number of amides is 1. The van der Waals surface area contributed by atoms with Gasteiger partial charge in [0, 0.05) is 11.1 Å². The number of hydrogen-bond acceptors (Lipinski definition) is 3. The van der Waals surface area contributed by atoms with Crippen molar-refractivity contribution >= 4 is 17.3 Å². The average Bonchev–Trinajstić information content (AvgIpc) is 2.76. The highest BCUT2D eigenvalue weighted by molar-refractivity contribution is 6.21. The molecule has 1 amide bonds. The van der Waals surface area contributed by atoms with Crippen molar-refractivity contribution in [3.8, 4) is 5.75 Å². The number of fused-ring (bicyclic) bond motifs is 1. The summed E-state index contributed by atoms with van der Waals surface area (Å²) >= 11 is 0. The number of methoxy groups -OCH3 is 1. The van der Waals surface area contributed by atoms with Crippen molar-refractivity contribution in [1.82, 2.24) is 0 Å². The second-order valence-corrected chi connectivity index (χ2v) is 6.07. The van der Waals surface area contributed by atoms with E-state index in [1.807, 2.05) is 43.4 Å². The van der Waals surface area contributed by atoms with Gasteiger partial charge in [-0.2, -0.15) is 0 Å². The number of hydrogen-bond donors (Lipinski definition) is 1. The molecule has 1 aliphatic heterocycles.